The van der Waals surface area contributed by atoms with Crippen molar-refractivity contribution < 1.29 is 5.11 Å². The second-order valence-corrected chi connectivity index (χ2v) is 4.77. The van der Waals surface area contributed by atoms with E-state index >= 15 is 0 Å². The molecule has 18 heavy (non-hydrogen) atoms. The molecule has 0 aliphatic carbocycles. The maximum atomic E-state index is 10.1. The molecule has 0 fully saturated rings. The van der Waals surface area contributed by atoms with E-state index in [9.17, 15) is 5.11 Å². The number of nitrogens with zero attached hydrogens (tertiary/aromatic N) is 2. The molecule has 1 aromatic heterocycles. The molecule has 1 unspecified atom stereocenters. The lowest BCUT2D eigenvalue weighted by Gasteiger charge is -2.26. The third-order valence-electron chi connectivity index (χ3n) is 3.13. The van der Waals surface area contributed by atoms with Crippen LogP contribution in [0.3, 0.4) is 0 Å². The second kappa shape index (κ2) is 7.04. The average Bonchev–Trinajstić information content (AvgIpc) is 2.38. The van der Waals surface area contributed by atoms with Gasteiger partial charge in [0.25, 0.3) is 0 Å². The Kier molecular flexibility index (Phi) is 5.69. The van der Waals surface area contributed by atoms with E-state index in [-0.39, 0.29) is 5.75 Å². The monoisotopic (exact) mass is 248 g/mol. The minimum Gasteiger partial charge on any atom is -0.504 e. The summed E-state index contributed by atoms with van der Waals surface area (Å²) in [6, 6.07) is 1.72. The van der Waals surface area contributed by atoms with Crippen molar-refractivity contribution in [3.63, 3.8) is 0 Å². The first kappa shape index (κ1) is 14.6. The smallest absolute Gasteiger partial charge is 0.171 e. The molecule has 0 saturated carbocycles. The van der Waals surface area contributed by atoms with Crippen LogP contribution in [0.4, 0.5) is 5.82 Å². The van der Waals surface area contributed by atoms with E-state index in [4.69, 9.17) is 0 Å². The maximum Gasteiger partial charge on any atom is 0.171 e. The Morgan fingerprint density at radius 1 is 1.50 bits per heavy atom. The molecule has 0 bridgehead atoms. The zero-order valence-corrected chi connectivity index (χ0v) is 11.7. The van der Waals surface area contributed by atoms with E-state index in [2.05, 4.69) is 37.2 Å². The van der Waals surface area contributed by atoms with Crippen LogP contribution in [-0.4, -0.2) is 23.2 Å². The highest BCUT2D eigenvalue weighted by atomic mass is 16.3. The number of anilines is 1. The first-order valence-electron chi connectivity index (χ1n) is 6.68. The standard InChI is InChI=1S/C15H24N2O/c1-5-8-17(11-12(4)6-2)15-14(18)9-13(7-3)10-16-15/h7,9-10,12,18H,3,5-6,8,11H2,1-2,4H3. The highest BCUT2D eigenvalue weighted by molar-refractivity contribution is 5.58. The topological polar surface area (TPSA) is 36.4 Å². The predicted molar refractivity (Wildman–Crippen MR) is 78.0 cm³/mol. The largest absolute Gasteiger partial charge is 0.504 e. The summed E-state index contributed by atoms with van der Waals surface area (Å²) in [4.78, 5) is 6.52. The molecule has 0 aromatic carbocycles. The number of rotatable bonds is 7. The van der Waals surface area contributed by atoms with Crippen LogP contribution in [0, 0.1) is 5.92 Å². The van der Waals surface area contributed by atoms with Gasteiger partial charge in [-0.15, -0.1) is 0 Å². The molecule has 1 aromatic rings. The fourth-order valence-electron chi connectivity index (χ4n) is 1.88. The predicted octanol–water partition coefficient (Wildman–Crippen LogP) is 3.69. The molecular formula is C15H24N2O. The van der Waals surface area contributed by atoms with Crippen molar-refractivity contribution in [3.05, 3.63) is 24.4 Å². The molecule has 0 spiro atoms. The Morgan fingerprint density at radius 2 is 2.22 bits per heavy atom. The van der Waals surface area contributed by atoms with Crippen LogP contribution >= 0.6 is 0 Å². The molecule has 0 amide bonds. The van der Waals surface area contributed by atoms with Gasteiger partial charge in [-0.25, -0.2) is 4.98 Å². The van der Waals surface area contributed by atoms with Crippen LogP contribution in [0.5, 0.6) is 5.75 Å². The number of aromatic hydroxyl groups is 1. The van der Waals surface area contributed by atoms with Gasteiger partial charge in [0.1, 0.15) is 0 Å². The fraction of sp³-hybridized carbons (Fsp3) is 0.533. The summed E-state index contributed by atoms with van der Waals surface area (Å²) < 4.78 is 0. The van der Waals surface area contributed by atoms with Gasteiger partial charge in [0.15, 0.2) is 11.6 Å². The number of hydrogen-bond donors (Lipinski definition) is 1. The third-order valence-corrected chi connectivity index (χ3v) is 3.13. The van der Waals surface area contributed by atoms with Gasteiger partial charge in [-0.1, -0.05) is 39.8 Å². The third kappa shape index (κ3) is 3.76. The van der Waals surface area contributed by atoms with Gasteiger partial charge in [0.2, 0.25) is 0 Å². The van der Waals surface area contributed by atoms with Crippen LogP contribution in [0.15, 0.2) is 18.8 Å². The fourth-order valence-corrected chi connectivity index (χ4v) is 1.88. The Labute approximate surface area is 110 Å². The van der Waals surface area contributed by atoms with E-state index in [0.29, 0.717) is 11.7 Å². The summed E-state index contributed by atoms with van der Waals surface area (Å²) >= 11 is 0. The summed E-state index contributed by atoms with van der Waals surface area (Å²) in [5.41, 5.74) is 0.844. The molecule has 1 N–H and O–H groups in total. The second-order valence-electron chi connectivity index (χ2n) is 4.77. The van der Waals surface area contributed by atoms with Gasteiger partial charge in [-0.05, 0) is 24.0 Å². The van der Waals surface area contributed by atoms with Crippen molar-refractivity contribution in [1.29, 1.82) is 0 Å². The minimum atomic E-state index is 0.240. The molecule has 1 rings (SSSR count). The van der Waals surface area contributed by atoms with Gasteiger partial charge < -0.3 is 10.0 Å². The Bertz CT molecular complexity index is 390. The first-order chi connectivity index (χ1) is 8.62. The van der Waals surface area contributed by atoms with Gasteiger partial charge in [0, 0.05) is 19.3 Å². The van der Waals surface area contributed by atoms with E-state index in [1.54, 1.807) is 18.3 Å². The lowest BCUT2D eigenvalue weighted by Crippen LogP contribution is -2.30. The summed E-state index contributed by atoms with van der Waals surface area (Å²) in [5.74, 6) is 1.52. The van der Waals surface area contributed by atoms with Gasteiger partial charge in [-0.3, -0.25) is 0 Å². The van der Waals surface area contributed by atoms with E-state index in [1.807, 2.05) is 0 Å². The van der Waals surface area contributed by atoms with E-state index in [0.717, 1.165) is 31.5 Å². The highest BCUT2D eigenvalue weighted by Gasteiger charge is 2.14. The SMILES string of the molecule is C=Cc1cnc(N(CCC)CC(C)CC)c(O)c1. The van der Waals surface area contributed by atoms with Crippen LogP contribution in [0.25, 0.3) is 6.08 Å². The summed E-state index contributed by atoms with van der Waals surface area (Å²) in [6.45, 7) is 12.1. The number of aromatic nitrogens is 1. The molecule has 100 valence electrons. The Balaban J connectivity index is 2.94. The summed E-state index contributed by atoms with van der Waals surface area (Å²) in [5, 5.41) is 10.1. The number of pyridine rings is 1. The molecule has 0 radical (unpaired) electrons. The molecule has 3 heteroatoms. The quantitative estimate of drug-likeness (QED) is 0.799. The van der Waals surface area contributed by atoms with Crippen molar-refractivity contribution in [3.8, 4) is 5.75 Å². The van der Waals surface area contributed by atoms with Crippen molar-refractivity contribution in [1.82, 2.24) is 4.98 Å². The van der Waals surface area contributed by atoms with Crippen LogP contribution in [-0.2, 0) is 0 Å². The lowest BCUT2D eigenvalue weighted by molar-refractivity contribution is 0.465. The molecule has 3 nitrogen and oxygen atoms in total. The lowest BCUT2D eigenvalue weighted by atomic mass is 10.1. The summed E-state index contributed by atoms with van der Waals surface area (Å²) in [6.07, 6.45) is 5.61. The van der Waals surface area contributed by atoms with E-state index < -0.39 is 0 Å². The molecule has 0 saturated heterocycles. The molecular weight excluding hydrogens is 224 g/mol. The molecule has 0 aliphatic rings. The zero-order chi connectivity index (χ0) is 13.5. The normalized spacial score (nSPS) is 12.2. The highest BCUT2D eigenvalue weighted by Crippen LogP contribution is 2.26. The number of hydrogen-bond acceptors (Lipinski definition) is 3. The maximum absolute atomic E-state index is 10.1. The van der Waals surface area contributed by atoms with Crippen molar-refractivity contribution in [2.75, 3.05) is 18.0 Å². The van der Waals surface area contributed by atoms with Crippen LogP contribution in [0.1, 0.15) is 39.2 Å². The van der Waals surface area contributed by atoms with Gasteiger partial charge in [0.05, 0.1) is 0 Å². The van der Waals surface area contributed by atoms with Crippen LogP contribution in [0.2, 0.25) is 0 Å². The van der Waals surface area contributed by atoms with Crippen LogP contribution < -0.4 is 4.90 Å². The van der Waals surface area contributed by atoms with Crippen molar-refractivity contribution in [2.45, 2.75) is 33.6 Å². The Morgan fingerprint density at radius 3 is 2.72 bits per heavy atom. The van der Waals surface area contributed by atoms with Crippen molar-refractivity contribution >= 4 is 11.9 Å². The molecule has 1 heterocycles. The molecule has 0 aliphatic heterocycles. The Hall–Kier alpha value is -1.51. The van der Waals surface area contributed by atoms with Gasteiger partial charge in [-0.2, -0.15) is 0 Å². The zero-order valence-electron chi connectivity index (χ0n) is 11.7. The molecule has 1 atom stereocenters. The first-order valence-corrected chi connectivity index (χ1v) is 6.68. The van der Waals surface area contributed by atoms with E-state index in [1.165, 1.54) is 0 Å². The average molecular weight is 248 g/mol. The summed E-state index contributed by atoms with van der Waals surface area (Å²) in [7, 11) is 0. The van der Waals surface area contributed by atoms with Crippen molar-refractivity contribution in [2.24, 2.45) is 5.92 Å². The van der Waals surface area contributed by atoms with Gasteiger partial charge >= 0.3 is 0 Å². The minimum absolute atomic E-state index is 0.240.